The molecule has 7 heteroatoms. The van der Waals surface area contributed by atoms with Crippen LogP contribution in [0.1, 0.15) is 16.3 Å². The van der Waals surface area contributed by atoms with Crippen LogP contribution in [0.3, 0.4) is 0 Å². The first-order valence-electron chi connectivity index (χ1n) is 9.23. The summed E-state index contributed by atoms with van der Waals surface area (Å²) >= 11 is 1.58. The van der Waals surface area contributed by atoms with Crippen LogP contribution in [-0.2, 0) is 11.4 Å². The highest BCUT2D eigenvalue weighted by Crippen LogP contribution is 2.22. The fourth-order valence-corrected chi connectivity index (χ4v) is 3.47. The molecule has 6 nitrogen and oxygen atoms in total. The minimum absolute atomic E-state index is 0.281. The maximum absolute atomic E-state index is 12.3. The maximum atomic E-state index is 12.3. The molecule has 1 N–H and O–H groups in total. The maximum Gasteiger partial charge on any atom is 0.336 e. The van der Waals surface area contributed by atoms with E-state index in [9.17, 15) is 9.59 Å². The van der Waals surface area contributed by atoms with Crippen LogP contribution in [0.25, 0.3) is 17.0 Å². The molecule has 0 aliphatic rings. The Morgan fingerprint density at radius 2 is 2.07 bits per heavy atom. The molecule has 4 rings (SSSR count). The van der Waals surface area contributed by atoms with Crippen molar-refractivity contribution in [2.45, 2.75) is 13.5 Å². The quantitative estimate of drug-likeness (QED) is 0.360. The molecule has 2 aromatic carbocycles. The van der Waals surface area contributed by atoms with Crippen molar-refractivity contribution in [3.8, 4) is 5.75 Å². The normalized spacial score (nSPS) is 11.1. The van der Waals surface area contributed by atoms with Gasteiger partial charge in [0.25, 0.3) is 0 Å². The summed E-state index contributed by atoms with van der Waals surface area (Å²) in [6, 6.07) is 15.6. The summed E-state index contributed by atoms with van der Waals surface area (Å²) in [5.41, 5.74) is 2.33. The molecule has 0 atom stereocenters. The molecular weight excluding hydrogens is 400 g/mol. The van der Waals surface area contributed by atoms with Gasteiger partial charge in [-0.3, -0.25) is 4.79 Å². The zero-order valence-electron chi connectivity index (χ0n) is 16.1. The summed E-state index contributed by atoms with van der Waals surface area (Å²) in [6.45, 7) is 2.32. The van der Waals surface area contributed by atoms with Crippen LogP contribution in [0, 0.1) is 6.92 Å². The summed E-state index contributed by atoms with van der Waals surface area (Å²) in [5.74, 6) is 0.393. The van der Waals surface area contributed by atoms with E-state index in [2.05, 4.69) is 10.3 Å². The predicted octanol–water partition coefficient (Wildman–Crippen LogP) is 4.79. The number of aromatic nitrogens is 1. The smallest absolute Gasteiger partial charge is 0.336 e. The van der Waals surface area contributed by atoms with Crippen LogP contribution in [0.2, 0.25) is 0 Å². The molecule has 0 unspecified atom stereocenters. The number of ether oxygens (including phenoxy) is 1. The van der Waals surface area contributed by atoms with Crippen molar-refractivity contribution in [3.63, 3.8) is 0 Å². The predicted molar refractivity (Wildman–Crippen MR) is 118 cm³/mol. The fraction of sp³-hybridized carbons (Fsp3) is 0.0870. The van der Waals surface area contributed by atoms with Gasteiger partial charge in [0.05, 0.1) is 10.7 Å². The van der Waals surface area contributed by atoms with Crippen molar-refractivity contribution in [1.29, 1.82) is 0 Å². The Morgan fingerprint density at radius 3 is 2.90 bits per heavy atom. The van der Waals surface area contributed by atoms with Gasteiger partial charge < -0.3 is 14.5 Å². The average Bonchev–Trinajstić information content (AvgIpc) is 3.16. The van der Waals surface area contributed by atoms with E-state index < -0.39 is 5.63 Å². The van der Waals surface area contributed by atoms with Crippen molar-refractivity contribution < 1.29 is 13.9 Å². The average molecular weight is 418 g/mol. The molecule has 0 radical (unpaired) electrons. The molecule has 0 bridgehead atoms. The molecule has 150 valence electrons. The summed E-state index contributed by atoms with van der Waals surface area (Å²) < 4.78 is 11.0. The van der Waals surface area contributed by atoms with E-state index in [1.54, 1.807) is 41.7 Å². The third-order valence-corrected chi connectivity index (χ3v) is 5.08. The SMILES string of the molecule is Cc1nc(COc2ccccc2/C=C/C(=O)Nc2ccc3oc(=O)ccc3c2)cs1. The lowest BCUT2D eigenvalue weighted by molar-refractivity contribution is -0.111. The Labute approximate surface area is 176 Å². The minimum Gasteiger partial charge on any atom is -0.487 e. The van der Waals surface area contributed by atoms with Gasteiger partial charge in [0.2, 0.25) is 5.91 Å². The number of para-hydroxylation sites is 1. The van der Waals surface area contributed by atoms with Gasteiger partial charge in [0.15, 0.2) is 0 Å². The molecule has 2 aromatic heterocycles. The second kappa shape index (κ2) is 8.75. The topological polar surface area (TPSA) is 81.4 Å². The van der Waals surface area contributed by atoms with Gasteiger partial charge in [-0.25, -0.2) is 9.78 Å². The lowest BCUT2D eigenvalue weighted by atomic mass is 10.2. The van der Waals surface area contributed by atoms with Crippen LogP contribution >= 0.6 is 11.3 Å². The lowest BCUT2D eigenvalue weighted by Gasteiger charge is -2.08. The number of nitrogens with one attached hydrogen (secondary N) is 1. The Hall–Kier alpha value is -3.71. The number of nitrogens with zero attached hydrogens (tertiary/aromatic N) is 1. The zero-order valence-corrected chi connectivity index (χ0v) is 16.9. The molecule has 0 aliphatic heterocycles. The molecule has 0 fully saturated rings. The van der Waals surface area contributed by atoms with E-state index in [1.165, 1.54) is 12.1 Å². The Bertz CT molecular complexity index is 1290. The lowest BCUT2D eigenvalue weighted by Crippen LogP contribution is -2.07. The van der Waals surface area contributed by atoms with Crippen molar-refractivity contribution in [1.82, 2.24) is 4.98 Å². The van der Waals surface area contributed by atoms with Crippen molar-refractivity contribution in [2.75, 3.05) is 5.32 Å². The van der Waals surface area contributed by atoms with E-state index >= 15 is 0 Å². The van der Waals surface area contributed by atoms with Crippen molar-refractivity contribution in [3.05, 3.63) is 92.7 Å². The molecule has 4 aromatic rings. The first-order chi connectivity index (χ1) is 14.6. The van der Waals surface area contributed by atoms with Gasteiger partial charge in [-0.15, -0.1) is 11.3 Å². The van der Waals surface area contributed by atoms with Gasteiger partial charge in [0.1, 0.15) is 17.9 Å². The van der Waals surface area contributed by atoms with Crippen molar-refractivity contribution in [2.24, 2.45) is 0 Å². The molecule has 0 saturated carbocycles. The third-order valence-electron chi connectivity index (χ3n) is 4.26. The number of carbonyl (C=O) groups is 1. The van der Waals surface area contributed by atoms with E-state index in [4.69, 9.17) is 9.15 Å². The highest BCUT2D eigenvalue weighted by Gasteiger charge is 2.05. The first kappa shape index (κ1) is 19.6. The number of rotatable bonds is 6. The third kappa shape index (κ3) is 4.82. The van der Waals surface area contributed by atoms with Gasteiger partial charge in [-0.1, -0.05) is 18.2 Å². The molecule has 0 spiro atoms. The number of fused-ring (bicyclic) bond motifs is 1. The van der Waals surface area contributed by atoms with Crippen LogP contribution in [0.4, 0.5) is 5.69 Å². The second-order valence-corrected chi connectivity index (χ2v) is 7.58. The number of carbonyl (C=O) groups excluding carboxylic acids is 1. The highest BCUT2D eigenvalue weighted by atomic mass is 32.1. The number of hydrogen-bond acceptors (Lipinski definition) is 6. The largest absolute Gasteiger partial charge is 0.487 e. The fourth-order valence-electron chi connectivity index (χ4n) is 2.87. The Kier molecular flexibility index (Phi) is 5.72. The summed E-state index contributed by atoms with van der Waals surface area (Å²) in [4.78, 5) is 28.0. The molecule has 0 aliphatic carbocycles. The van der Waals surface area contributed by atoms with Gasteiger partial charge >= 0.3 is 5.63 Å². The second-order valence-electron chi connectivity index (χ2n) is 6.51. The van der Waals surface area contributed by atoms with E-state index in [0.29, 0.717) is 23.6 Å². The molecule has 30 heavy (non-hydrogen) atoms. The van der Waals surface area contributed by atoms with Crippen molar-refractivity contribution >= 4 is 40.0 Å². The van der Waals surface area contributed by atoms with Gasteiger partial charge in [-0.2, -0.15) is 0 Å². The van der Waals surface area contributed by atoms with E-state index in [0.717, 1.165) is 21.7 Å². The number of aryl methyl sites for hydroxylation is 1. The number of thiazole rings is 1. The standard InChI is InChI=1S/C23H18N2O4S/c1-15-24-19(14-30-15)13-28-20-5-3-2-4-16(20)6-10-22(26)25-18-8-9-21-17(12-18)7-11-23(27)29-21/h2-12,14H,13H2,1H3,(H,25,26)/b10-6+. The molecular formula is C23H18N2O4S. The molecule has 0 saturated heterocycles. The number of anilines is 1. The van der Waals surface area contributed by atoms with Crippen LogP contribution in [0.5, 0.6) is 5.75 Å². The molecule has 2 heterocycles. The Balaban J connectivity index is 1.43. The molecule has 1 amide bonds. The minimum atomic E-state index is -0.409. The van der Waals surface area contributed by atoms with Gasteiger partial charge in [-0.05, 0) is 43.3 Å². The number of hydrogen-bond donors (Lipinski definition) is 1. The van der Waals surface area contributed by atoms with E-state index in [-0.39, 0.29) is 5.91 Å². The monoisotopic (exact) mass is 418 g/mol. The van der Waals surface area contributed by atoms with Crippen LogP contribution in [0.15, 0.2) is 75.3 Å². The van der Waals surface area contributed by atoms with Gasteiger partial charge in [0, 0.05) is 34.2 Å². The summed E-state index contributed by atoms with van der Waals surface area (Å²) in [6.07, 6.45) is 3.15. The first-order valence-corrected chi connectivity index (χ1v) is 10.1. The summed E-state index contributed by atoms with van der Waals surface area (Å²) in [7, 11) is 0. The Morgan fingerprint density at radius 1 is 1.20 bits per heavy atom. The number of amides is 1. The van der Waals surface area contributed by atoms with Crippen LogP contribution in [-0.4, -0.2) is 10.9 Å². The number of benzene rings is 2. The zero-order chi connectivity index (χ0) is 20.9. The van der Waals surface area contributed by atoms with E-state index in [1.807, 2.05) is 36.6 Å². The highest BCUT2D eigenvalue weighted by molar-refractivity contribution is 7.09. The summed E-state index contributed by atoms with van der Waals surface area (Å²) in [5, 5.41) is 6.50. The van der Waals surface area contributed by atoms with Crippen LogP contribution < -0.4 is 15.7 Å².